The predicted molar refractivity (Wildman–Crippen MR) is 121 cm³/mol. The SMILES string of the molecule is Cc1nc(-c2cccc(NS(=O)(=O)c3cc(Cl)cc(CO)c3Cl)c2F)c2c(N)nccn12. The van der Waals surface area contributed by atoms with Crippen LogP contribution in [0.4, 0.5) is 15.9 Å². The molecule has 0 amide bonds. The van der Waals surface area contributed by atoms with Gasteiger partial charge in [0.15, 0.2) is 5.82 Å². The Balaban J connectivity index is 1.83. The maximum atomic E-state index is 15.5. The first kappa shape index (κ1) is 22.3. The van der Waals surface area contributed by atoms with Crippen molar-refractivity contribution in [3.63, 3.8) is 0 Å². The second-order valence-corrected chi connectivity index (χ2v) is 9.31. The molecule has 0 saturated heterocycles. The van der Waals surface area contributed by atoms with Crippen LogP contribution in [0.2, 0.25) is 10.0 Å². The number of fused-ring (bicyclic) bond motifs is 1. The summed E-state index contributed by atoms with van der Waals surface area (Å²) < 4.78 is 45.2. The van der Waals surface area contributed by atoms with Crippen molar-refractivity contribution in [3.8, 4) is 11.3 Å². The molecule has 4 N–H and O–H groups in total. The molecule has 0 fully saturated rings. The van der Waals surface area contributed by atoms with Gasteiger partial charge < -0.3 is 10.8 Å². The van der Waals surface area contributed by atoms with Crippen LogP contribution in [0.15, 0.2) is 47.6 Å². The summed E-state index contributed by atoms with van der Waals surface area (Å²) in [6.45, 7) is 1.20. The second-order valence-electron chi connectivity index (χ2n) is 6.85. The van der Waals surface area contributed by atoms with Crippen LogP contribution in [-0.2, 0) is 16.6 Å². The highest BCUT2D eigenvalue weighted by Crippen LogP contribution is 2.35. The minimum absolute atomic E-state index is 0.0312. The molecule has 2 aromatic carbocycles. The predicted octanol–water partition coefficient (Wildman–Crippen LogP) is 4.03. The number of imidazole rings is 1. The topological polar surface area (TPSA) is 123 Å². The van der Waals surface area contributed by atoms with Gasteiger partial charge in [0, 0.05) is 23.0 Å². The van der Waals surface area contributed by atoms with Crippen LogP contribution in [0.5, 0.6) is 0 Å². The van der Waals surface area contributed by atoms with E-state index in [0.29, 0.717) is 11.3 Å². The van der Waals surface area contributed by atoms with Gasteiger partial charge >= 0.3 is 0 Å². The molecule has 0 aliphatic rings. The zero-order chi connectivity index (χ0) is 23.2. The zero-order valence-corrected chi connectivity index (χ0v) is 18.8. The smallest absolute Gasteiger partial charge is 0.263 e. The molecule has 4 rings (SSSR count). The standard InChI is InChI=1S/C20H16Cl2FN5O3S/c1-10-26-18(19-20(24)25-5-6-28(10)19)13-3-2-4-14(17(13)23)27-32(30,31)15-8-12(21)7-11(9-29)16(15)22/h2-8,27,29H,9H2,1H3,(H2,24,25). The Kier molecular flexibility index (Phi) is 5.72. The Morgan fingerprint density at radius 2 is 2.03 bits per heavy atom. The van der Waals surface area contributed by atoms with E-state index >= 15 is 4.39 Å². The Bertz CT molecular complexity index is 1470. The largest absolute Gasteiger partial charge is 0.392 e. The highest BCUT2D eigenvalue weighted by atomic mass is 35.5. The van der Waals surface area contributed by atoms with Crippen LogP contribution in [0, 0.1) is 12.7 Å². The Hall–Kier alpha value is -2.92. The van der Waals surface area contributed by atoms with E-state index in [1.807, 2.05) is 0 Å². The molecule has 0 saturated carbocycles. The van der Waals surface area contributed by atoms with Crippen LogP contribution in [0.1, 0.15) is 11.4 Å². The zero-order valence-electron chi connectivity index (χ0n) is 16.5. The van der Waals surface area contributed by atoms with Crippen LogP contribution in [-0.4, -0.2) is 27.9 Å². The van der Waals surface area contributed by atoms with Gasteiger partial charge in [-0.1, -0.05) is 29.3 Å². The van der Waals surface area contributed by atoms with Gasteiger partial charge in [0.1, 0.15) is 27.7 Å². The summed E-state index contributed by atoms with van der Waals surface area (Å²) in [5.74, 6) is -0.160. The molecule has 2 aromatic heterocycles. The number of hydrogen-bond acceptors (Lipinski definition) is 6. The number of anilines is 2. The summed E-state index contributed by atoms with van der Waals surface area (Å²) in [5.41, 5.74) is 6.42. The molecule has 0 unspecified atom stereocenters. The summed E-state index contributed by atoms with van der Waals surface area (Å²) in [6, 6.07) is 6.65. The highest BCUT2D eigenvalue weighted by Gasteiger charge is 2.25. The lowest BCUT2D eigenvalue weighted by Crippen LogP contribution is -2.15. The summed E-state index contributed by atoms with van der Waals surface area (Å²) in [5, 5.41) is 9.24. The molecule has 0 aliphatic heterocycles. The van der Waals surface area contributed by atoms with Gasteiger partial charge in [-0.15, -0.1) is 0 Å². The van der Waals surface area contributed by atoms with E-state index in [1.165, 1.54) is 30.5 Å². The summed E-state index contributed by atoms with van der Waals surface area (Å²) in [4.78, 5) is 8.02. The third-order valence-electron chi connectivity index (χ3n) is 4.80. The molecule has 0 atom stereocenters. The second kappa shape index (κ2) is 8.21. The molecule has 4 aromatic rings. The number of aliphatic hydroxyl groups is 1. The number of aryl methyl sites for hydroxylation is 1. The number of hydrogen-bond donors (Lipinski definition) is 3. The van der Waals surface area contributed by atoms with Gasteiger partial charge in [0.25, 0.3) is 10.0 Å². The number of nitrogen functional groups attached to an aromatic ring is 1. The lowest BCUT2D eigenvalue weighted by molar-refractivity contribution is 0.281. The van der Waals surface area contributed by atoms with Crippen molar-refractivity contribution < 1.29 is 17.9 Å². The fourth-order valence-corrected chi connectivity index (χ4v) is 5.31. The highest BCUT2D eigenvalue weighted by molar-refractivity contribution is 7.92. The molecular formula is C20H16Cl2FN5O3S. The molecule has 166 valence electrons. The lowest BCUT2D eigenvalue weighted by Gasteiger charge is -2.14. The van der Waals surface area contributed by atoms with E-state index in [0.717, 1.165) is 6.07 Å². The van der Waals surface area contributed by atoms with Gasteiger partial charge in [-0.3, -0.25) is 9.12 Å². The van der Waals surface area contributed by atoms with Crippen molar-refractivity contribution in [2.24, 2.45) is 0 Å². The van der Waals surface area contributed by atoms with E-state index in [2.05, 4.69) is 14.7 Å². The van der Waals surface area contributed by atoms with Crippen LogP contribution in [0.3, 0.4) is 0 Å². The van der Waals surface area contributed by atoms with E-state index in [1.54, 1.807) is 17.5 Å². The van der Waals surface area contributed by atoms with Crippen LogP contribution in [0.25, 0.3) is 16.8 Å². The van der Waals surface area contributed by atoms with Gasteiger partial charge in [-0.2, -0.15) is 0 Å². The number of halogens is 3. The number of nitrogens with two attached hydrogens (primary N) is 1. The van der Waals surface area contributed by atoms with Gasteiger partial charge in [-0.05, 0) is 36.8 Å². The fourth-order valence-electron chi connectivity index (χ4n) is 3.32. The number of aromatic nitrogens is 3. The molecular weight excluding hydrogens is 480 g/mol. The van der Waals surface area contributed by atoms with E-state index in [-0.39, 0.29) is 38.4 Å². The first-order valence-corrected chi connectivity index (χ1v) is 11.4. The van der Waals surface area contributed by atoms with Crippen molar-refractivity contribution >= 4 is 50.2 Å². The summed E-state index contributed by atoms with van der Waals surface area (Å²) in [6.07, 6.45) is 3.14. The van der Waals surface area contributed by atoms with Crippen molar-refractivity contribution in [2.45, 2.75) is 18.4 Å². The third-order valence-corrected chi connectivity index (χ3v) is 6.96. The third kappa shape index (κ3) is 3.75. The van der Waals surface area contributed by atoms with Gasteiger partial charge in [0.05, 0.1) is 17.3 Å². The maximum absolute atomic E-state index is 15.5. The first-order valence-electron chi connectivity index (χ1n) is 9.13. The average molecular weight is 496 g/mol. The number of rotatable bonds is 5. The molecule has 0 bridgehead atoms. The molecule has 32 heavy (non-hydrogen) atoms. The molecule has 12 heteroatoms. The number of sulfonamides is 1. The molecule has 0 spiro atoms. The lowest BCUT2D eigenvalue weighted by atomic mass is 10.1. The maximum Gasteiger partial charge on any atom is 0.263 e. The molecule has 0 aliphatic carbocycles. The molecule has 0 radical (unpaired) electrons. The van der Waals surface area contributed by atoms with Crippen molar-refractivity contribution in [2.75, 3.05) is 10.5 Å². The quantitative estimate of drug-likeness (QED) is 0.384. The number of benzene rings is 2. The normalized spacial score (nSPS) is 11.8. The number of nitrogens with one attached hydrogen (secondary N) is 1. The molecule has 8 nitrogen and oxygen atoms in total. The monoisotopic (exact) mass is 495 g/mol. The average Bonchev–Trinajstić information content (AvgIpc) is 3.08. The van der Waals surface area contributed by atoms with Crippen molar-refractivity contribution in [1.29, 1.82) is 0 Å². The summed E-state index contributed by atoms with van der Waals surface area (Å²) >= 11 is 12.1. The van der Waals surface area contributed by atoms with Gasteiger partial charge in [-0.25, -0.2) is 22.8 Å². The Morgan fingerprint density at radius 1 is 1.28 bits per heavy atom. The van der Waals surface area contributed by atoms with Crippen molar-refractivity contribution in [1.82, 2.24) is 14.4 Å². The minimum Gasteiger partial charge on any atom is -0.392 e. The fraction of sp³-hybridized carbons (Fsp3) is 0.100. The Labute approximate surface area is 192 Å². The first-order chi connectivity index (χ1) is 15.1. The molecule has 2 heterocycles. The minimum atomic E-state index is -4.35. The van der Waals surface area contributed by atoms with E-state index < -0.39 is 27.3 Å². The van der Waals surface area contributed by atoms with Crippen LogP contribution >= 0.6 is 23.2 Å². The summed E-state index contributed by atoms with van der Waals surface area (Å²) in [7, 11) is -4.35. The van der Waals surface area contributed by atoms with Gasteiger partial charge in [0.2, 0.25) is 0 Å². The number of aliphatic hydroxyl groups excluding tert-OH is 1. The van der Waals surface area contributed by atoms with Crippen LogP contribution < -0.4 is 10.5 Å². The Morgan fingerprint density at radius 3 is 2.75 bits per heavy atom. The van der Waals surface area contributed by atoms with Crippen molar-refractivity contribution in [3.05, 3.63) is 70.0 Å². The van der Waals surface area contributed by atoms with E-state index in [9.17, 15) is 13.5 Å². The number of nitrogens with zero attached hydrogens (tertiary/aromatic N) is 3. The van der Waals surface area contributed by atoms with E-state index in [4.69, 9.17) is 28.9 Å².